The number of hydrogen-bond donors (Lipinski definition) is 0. The number of rotatable bonds is 7. The Hall–Kier alpha value is -2.03. The van der Waals surface area contributed by atoms with Crippen LogP contribution in [0.1, 0.15) is 52.7 Å². The highest BCUT2D eigenvalue weighted by Gasteiger charge is 2.27. The first kappa shape index (κ1) is 28.0. The molecule has 0 bridgehead atoms. The molecule has 4 aromatic carbocycles. The highest BCUT2D eigenvalue weighted by molar-refractivity contribution is 8.18. The van der Waals surface area contributed by atoms with Crippen LogP contribution in [-0.4, -0.2) is 7.11 Å². The van der Waals surface area contributed by atoms with Gasteiger partial charge in [-0.25, -0.2) is 0 Å². The van der Waals surface area contributed by atoms with Gasteiger partial charge in [0.25, 0.3) is 0 Å². The van der Waals surface area contributed by atoms with Gasteiger partial charge in [-0.1, -0.05) is 143 Å². The van der Waals surface area contributed by atoms with Crippen LogP contribution in [0.25, 0.3) is 0 Å². The lowest BCUT2D eigenvalue weighted by Gasteiger charge is -2.30. The van der Waals surface area contributed by atoms with Crippen molar-refractivity contribution >= 4 is 51.0 Å². The van der Waals surface area contributed by atoms with Crippen molar-refractivity contribution in [2.24, 2.45) is 0 Å². The lowest BCUT2D eigenvalue weighted by atomic mass is 9.79. The first-order chi connectivity index (χ1) is 17.6. The first-order valence-electron chi connectivity index (χ1n) is 12.8. The zero-order valence-corrected chi connectivity index (χ0v) is 26.0. The van der Waals surface area contributed by atoms with E-state index >= 15 is 0 Å². The molecule has 4 rings (SSSR count). The van der Waals surface area contributed by atoms with E-state index in [0.29, 0.717) is 0 Å². The van der Waals surface area contributed by atoms with Gasteiger partial charge in [0, 0.05) is 11.1 Å². The van der Waals surface area contributed by atoms with E-state index in [1.807, 2.05) is 7.11 Å². The fourth-order valence-corrected chi connectivity index (χ4v) is 10.7. The number of ether oxygens (including phenoxy) is 1. The van der Waals surface area contributed by atoms with Crippen LogP contribution in [0.5, 0.6) is 5.75 Å². The molecule has 1 nitrogen and oxygen atoms in total. The van der Waals surface area contributed by atoms with Crippen LogP contribution < -0.4 is 31.3 Å². The molecule has 0 aliphatic heterocycles. The van der Waals surface area contributed by atoms with Crippen molar-refractivity contribution in [3.63, 3.8) is 0 Å². The molecule has 0 amide bonds. The molecule has 0 fully saturated rings. The third-order valence-electron chi connectivity index (χ3n) is 6.42. The fraction of sp³-hybridized carbons (Fsp3) is 0.273. The summed E-state index contributed by atoms with van der Waals surface area (Å²) >= 11 is 0. The van der Waals surface area contributed by atoms with Crippen molar-refractivity contribution in [1.29, 1.82) is 0 Å². The Morgan fingerprint density at radius 1 is 0.595 bits per heavy atom. The summed E-state index contributed by atoms with van der Waals surface area (Å²) in [5.74, 6) is 1.05. The van der Waals surface area contributed by atoms with Gasteiger partial charge in [0.15, 0.2) is 0 Å². The summed E-state index contributed by atoms with van der Waals surface area (Å²) in [5, 5.41) is 7.18. The van der Waals surface area contributed by atoms with Gasteiger partial charge in [-0.15, -0.1) is 0 Å². The van der Waals surface area contributed by atoms with Gasteiger partial charge in [-0.2, -0.15) is 0 Å². The molecule has 2 unspecified atom stereocenters. The van der Waals surface area contributed by atoms with Crippen LogP contribution in [0.15, 0.2) is 97.1 Å². The van der Waals surface area contributed by atoms with E-state index in [9.17, 15) is 0 Å². The Labute approximate surface area is 228 Å². The van der Waals surface area contributed by atoms with Crippen LogP contribution in [0, 0.1) is 0 Å². The van der Waals surface area contributed by atoms with Crippen molar-refractivity contribution in [3.05, 3.63) is 108 Å². The summed E-state index contributed by atoms with van der Waals surface area (Å²) < 4.78 is 6.00. The zero-order chi connectivity index (χ0) is 26.6. The van der Waals surface area contributed by atoms with Crippen LogP contribution in [0.2, 0.25) is 0 Å². The second-order valence-electron chi connectivity index (χ2n) is 11.4. The Balaban J connectivity index is 1.75. The van der Waals surface area contributed by atoms with E-state index in [1.165, 1.54) is 37.6 Å². The zero-order valence-electron chi connectivity index (χ0n) is 23.1. The standard InChI is InChI=1S/C33H39OP3/c1-32(2,3)27-22-24(23-28(31(27)34-7)33(4,5)6)35-36-29-20-14-15-21-30(29)37(25-16-10-8-11-17-25)26-18-12-9-13-19-26/h8-23,35-36H,1-7H3. The summed E-state index contributed by atoms with van der Waals surface area (Å²) in [6.45, 7) is 13.7. The van der Waals surface area contributed by atoms with E-state index in [0.717, 1.165) is 22.3 Å². The van der Waals surface area contributed by atoms with Gasteiger partial charge in [0.1, 0.15) is 5.75 Å². The molecule has 2 atom stereocenters. The first-order valence-corrected chi connectivity index (χ1v) is 17.2. The molecule has 0 aliphatic rings. The third kappa shape index (κ3) is 6.70. The number of hydrogen-bond acceptors (Lipinski definition) is 1. The van der Waals surface area contributed by atoms with E-state index in [2.05, 4.69) is 139 Å². The molecule has 4 aromatic rings. The maximum absolute atomic E-state index is 6.00. The lowest BCUT2D eigenvalue weighted by molar-refractivity contribution is 0.382. The molecule has 0 aromatic heterocycles. The van der Waals surface area contributed by atoms with E-state index in [1.54, 1.807) is 0 Å². The molecule has 0 radical (unpaired) electrons. The van der Waals surface area contributed by atoms with Crippen LogP contribution in [-0.2, 0) is 10.8 Å². The lowest BCUT2D eigenvalue weighted by Crippen LogP contribution is -2.28. The van der Waals surface area contributed by atoms with E-state index in [-0.39, 0.29) is 10.8 Å². The number of methoxy groups -OCH3 is 1. The van der Waals surface area contributed by atoms with Crippen molar-refractivity contribution in [2.45, 2.75) is 52.4 Å². The van der Waals surface area contributed by atoms with Crippen LogP contribution in [0.4, 0.5) is 0 Å². The second kappa shape index (κ2) is 11.8. The maximum Gasteiger partial charge on any atom is 0.126 e. The van der Waals surface area contributed by atoms with Gasteiger partial charge in [0.2, 0.25) is 0 Å². The molecular weight excluding hydrogens is 505 g/mol. The Kier molecular flexibility index (Phi) is 8.92. The second-order valence-corrected chi connectivity index (χ2v) is 16.7. The Morgan fingerprint density at radius 3 is 1.51 bits per heavy atom. The van der Waals surface area contributed by atoms with Crippen molar-refractivity contribution < 1.29 is 4.74 Å². The monoisotopic (exact) mass is 544 g/mol. The molecule has 0 N–H and O–H groups in total. The van der Waals surface area contributed by atoms with Gasteiger partial charge in [0.05, 0.1) is 7.11 Å². The van der Waals surface area contributed by atoms with Gasteiger partial charge >= 0.3 is 0 Å². The Morgan fingerprint density at radius 2 is 1.05 bits per heavy atom. The molecule has 0 spiro atoms. The van der Waals surface area contributed by atoms with E-state index in [4.69, 9.17) is 4.74 Å². The molecule has 0 saturated carbocycles. The third-order valence-corrected chi connectivity index (χ3v) is 12.6. The Bertz CT molecular complexity index is 1240. The molecule has 0 saturated heterocycles. The van der Waals surface area contributed by atoms with Crippen LogP contribution in [0.3, 0.4) is 0 Å². The minimum Gasteiger partial charge on any atom is -0.496 e. The van der Waals surface area contributed by atoms with Crippen molar-refractivity contribution in [2.75, 3.05) is 7.11 Å². The topological polar surface area (TPSA) is 9.23 Å². The normalized spacial score (nSPS) is 12.8. The minimum atomic E-state index is -0.613. The fourth-order valence-electron chi connectivity index (χ4n) is 4.53. The smallest absolute Gasteiger partial charge is 0.126 e. The highest BCUT2D eigenvalue weighted by Crippen LogP contribution is 2.44. The molecule has 0 aliphatic carbocycles. The SMILES string of the molecule is COc1c(C(C)(C)C)cc(PPc2ccccc2P(c2ccccc2)c2ccccc2)cc1C(C)(C)C. The maximum atomic E-state index is 6.00. The minimum absolute atomic E-state index is 0.0157. The van der Waals surface area contributed by atoms with Crippen LogP contribution >= 0.6 is 24.5 Å². The summed E-state index contributed by atoms with van der Waals surface area (Å²) in [7, 11) is 2.64. The molecule has 37 heavy (non-hydrogen) atoms. The molecule has 4 heteroatoms. The molecule has 0 heterocycles. The quantitative estimate of drug-likeness (QED) is 0.222. The average molecular weight is 545 g/mol. The summed E-state index contributed by atoms with van der Waals surface area (Å²) in [5.41, 5.74) is 2.64. The molecular formula is C33H39OP3. The average Bonchev–Trinajstić information content (AvgIpc) is 2.88. The number of benzene rings is 4. The van der Waals surface area contributed by atoms with Crippen molar-refractivity contribution in [3.8, 4) is 5.75 Å². The molecule has 192 valence electrons. The summed E-state index contributed by atoms with van der Waals surface area (Å²) in [6, 6.07) is 36.0. The predicted octanol–water partition coefficient (Wildman–Crippen LogP) is 7.27. The van der Waals surface area contributed by atoms with Crippen molar-refractivity contribution in [1.82, 2.24) is 0 Å². The van der Waals surface area contributed by atoms with Gasteiger partial charge in [-0.3, -0.25) is 0 Å². The highest BCUT2D eigenvalue weighted by atomic mass is 32.0. The predicted molar refractivity (Wildman–Crippen MR) is 171 cm³/mol. The summed E-state index contributed by atoms with van der Waals surface area (Å²) in [4.78, 5) is 0. The largest absolute Gasteiger partial charge is 0.496 e. The van der Waals surface area contributed by atoms with E-state index < -0.39 is 7.92 Å². The van der Waals surface area contributed by atoms with Gasteiger partial charge in [-0.05, 0) is 57.4 Å². The summed E-state index contributed by atoms with van der Waals surface area (Å²) in [6.07, 6.45) is 0. The van der Waals surface area contributed by atoms with Gasteiger partial charge < -0.3 is 4.74 Å².